The number of hydrogen-bond acceptors (Lipinski definition) is 5. The second-order valence-electron chi connectivity index (χ2n) is 2.84. The normalized spacial score (nSPS) is 10.2. The minimum atomic E-state index is 0.514. The molecule has 0 fully saturated rings. The lowest BCUT2D eigenvalue weighted by Crippen LogP contribution is -1.96. The number of rotatable bonds is 3. The van der Waals surface area contributed by atoms with Crippen LogP contribution in [0.15, 0.2) is 47.0 Å². The van der Waals surface area contributed by atoms with Gasteiger partial charge in [-0.1, -0.05) is 6.07 Å². The standard InChI is InChI=1S/C10H10N4S/c11-6-8-2-3-9(14-7-8)15-10-12-4-1-5-13-10/h1-5,7H,6,11H2. The molecule has 0 aliphatic rings. The summed E-state index contributed by atoms with van der Waals surface area (Å²) in [7, 11) is 0. The summed E-state index contributed by atoms with van der Waals surface area (Å²) in [6.45, 7) is 0.514. The molecule has 0 saturated heterocycles. The average molecular weight is 218 g/mol. The van der Waals surface area contributed by atoms with Crippen LogP contribution in [-0.2, 0) is 6.54 Å². The highest BCUT2D eigenvalue weighted by Gasteiger charge is 2.00. The molecule has 0 aliphatic heterocycles. The summed E-state index contributed by atoms with van der Waals surface area (Å²) in [5.74, 6) is 0. The van der Waals surface area contributed by atoms with Crippen molar-refractivity contribution >= 4 is 11.8 Å². The van der Waals surface area contributed by atoms with E-state index in [1.54, 1.807) is 24.7 Å². The maximum absolute atomic E-state index is 5.48. The van der Waals surface area contributed by atoms with Crippen LogP contribution in [0.1, 0.15) is 5.56 Å². The fourth-order valence-electron chi connectivity index (χ4n) is 1.02. The zero-order valence-corrected chi connectivity index (χ0v) is 8.81. The molecule has 2 aromatic rings. The van der Waals surface area contributed by atoms with E-state index in [1.807, 2.05) is 12.1 Å². The number of hydrogen-bond donors (Lipinski definition) is 1. The second kappa shape index (κ2) is 4.86. The van der Waals surface area contributed by atoms with Gasteiger partial charge in [0.2, 0.25) is 0 Å². The predicted molar refractivity (Wildman–Crippen MR) is 58.3 cm³/mol. The van der Waals surface area contributed by atoms with Crippen LogP contribution in [0.2, 0.25) is 0 Å². The van der Waals surface area contributed by atoms with Crippen LogP contribution in [0.3, 0.4) is 0 Å². The average Bonchev–Trinajstić information content (AvgIpc) is 2.31. The molecule has 0 radical (unpaired) electrons. The van der Waals surface area contributed by atoms with E-state index >= 15 is 0 Å². The molecule has 2 N–H and O–H groups in total. The van der Waals surface area contributed by atoms with Crippen molar-refractivity contribution in [3.05, 3.63) is 42.4 Å². The van der Waals surface area contributed by atoms with E-state index in [0.29, 0.717) is 11.7 Å². The summed E-state index contributed by atoms with van der Waals surface area (Å²) in [6.07, 6.45) is 5.19. The highest BCUT2D eigenvalue weighted by atomic mass is 32.2. The van der Waals surface area contributed by atoms with Crippen molar-refractivity contribution < 1.29 is 0 Å². The van der Waals surface area contributed by atoms with Crippen molar-refractivity contribution in [3.63, 3.8) is 0 Å². The molecule has 0 unspecified atom stereocenters. The first kappa shape index (κ1) is 10.1. The zero-order chi connectivity index (χ0) is 10.5. The number of aromatic nitrogens is 3. The third-order valence-corrected chi connectivity index (χ3v) is 2.62. The summed E-state index contributed by atoms with van der Waals surface area (Å²) < 4.78 is 0. The van der Waals surface area contributed by atoms with Crippen molar-refractivity contribution in [2.75, 3.05) is 0 Å². The highest BCUT2D eigenvalue weighted by Crippen LogP contribution is 2.21. The molecule has 2 rings (SSSR count). The van der Waals surface area contributed by atoms with E-state index in [9.17, 15) is 0 Å². The van der Waals surface area contributed by atoms with Crippen molar-refractivity contribution in [2.45, 2.75) is 16.7 Å². The van der Waals surface area contributed by atoms with Gasteiger partial charge >= 0.3 is 0 Å². The topological polar surface area (TPSA) is 64.7 Å². The Morgan fingerprint density at radius 3 is 2.53 bits per heavy atom. The van der Waals surface area contributed by atoms with Crippen LogP contribution in [0.4, 0.5) is 0 Å². The maximum atomic E-state index is 5.48. The van der Waals surface area contributed by atoms with Crippen LogP contribution in [0.5, 0.6) is 0 Å². The molecule has 15 heavy (non-hydrogen) atoms. The molecule has 0 bridgehead atoms. The van der Waals surface area contributed by atoms with E-state index in [-0.39, 0.29) is 0 Å². The lowest BCUT2D eigenvalue weighted by atomic mass is 10.3. The van der Waals surface area contributed by atoms with Crippen LogP contribution < -0.4 is 5.73 Å². The fraction of sp³-hybridized carbons (Fsp3) is 0.100. The van der Waals surface area contributed by atoms with Gasteiger partial charge in [-0.25, -0.2) is 15.0 Å². The van der Waals surface area contributed by atoms with E-state index in [1.165, 1.54) is 11.8 Å². The van der Waals surface area contributed by atoms with Gasteiger partial charge in [0, 0.05) is 25.1 Å². The first-order chi connectivity index (χ1) is 7.38. The molecule has 0 aliphatic carbocycles. The van der Waals surface area contributed by atoms with Crippen molar-refractivity contribution in [3.8, 4) is 0 Å². The van der Waals surface area contributed by atoms with Gasteiger partial charge in [0.25, 0.3) is 0 Å². The molecule has 0 spiro atoms. The van der Waals surface area contributed by atoms with Crippen molar-refractivity contribution in [1.29, 1.82) is 0 Å². The third kappa shape index (κ3) is 2.74. The van der Waals surface area contributed by atoms with Gasteiger partial charge < -0.3 is 5.73 Å². The summed E-state index contributed by atoms with van der Waals surface area (Å²) in [5.41, 5.74) is 6.50. The molecule has 4 nitrogen and oxygen atoms in total. The summed E-state index contributed by atoms with van der Waals surface area (Å²) >= 11 is 1.43. The Balaban J connectivity index is 2.11. The molecule has 0 aromatic carbocycles. The molecular weight excluding hydrogens is 208 g/mol. The minimum absolute atomic E-state index is 0.514. The lowest BCUT2D eigenvalue weighted by Gasteiger charge is -1.99. The van der Waals surface area contributed by atoms with Crippen LogP contribution in [-0.4, -0.2) is 15.0 Å². The Hall–Kier alpha value is -1.46. The van der Waals surface area contributed by atoms with Crippen molar-refractivity contribution in [1.82, 2.24) is 15.0 Å². The summed E-state index contributed by atoms with van der Waals surface area (Å²) in [6, 6.07) is 5.66. The summed E-state index contributed by atoms with van der Waals surface area (Å²) in [4.78, 5) is 12.5. The molecule has 2 aromatic heterocycles. The van der Waals surface area contributed by atoms with Gasteiger partial charge in [-0.2, -0.15) is 0 Å². The molecule has 0 atom stereocenters. The third-order valence-electron chi connectivity index (χ3n) is 1.77. The fourth-order valence-corrected chi connectivity index (χ4v) is 1.68. The predicted octanol–water partition coefficient (Wildman–Crippen LogP) is 1.48. The zero-order valence-electron chi connectivity index (χ0n) is 8.00. The van der Waals surface area contributed by atoms with Gasteiger partial charge in [0.15, 0.2) is 5.16 Å². The van der Waals surface area contributed by atoms with Gasteiger partial charge in [-0.15, -0.1) is 0 Å². The van der Waals surface area contributed by atoms with Gasteiger partial charge in [-0.3, -0.25) is 0 Å². The molecule has 0 saturated carbocycles. The molecular formula is C10H10N4S. The Kier molecular flexibility index (Phi) is 3.26. The van der Waals surface area contributed by atoms with Crippen LogP contribution >= 0.6 is 11.8 Å². The quantitative estimate of drug-likeness (QED) is 0.790. The number of nitrogens with two attached hydrogens (primary N) is 1. The SMILES string of the molecule is NCc1ccc(Sc2ncccn2)nc1. The number of pyridine rings is 1. The minimum Gasteiger partial charge on any atom is -0.326 e. The van der Waals surface area contributed by atoms with E-state index < -0.39 is 0 Å². The Morgan fingerprint density at radius 2 is 1.93 bits per heavy atom. The lowest BCUT2D eigenvalue weighted by molar-refractivity contribution is 0.955. The Bertz CT molecular complexity index is 415. The van der Waals surface area contributed by atoms with Gasteiger partial charge in [0.05, 0.1) is 0 Å². The van der Waals surface area contributed by atoms with Gasteiger partial charge in [-0.05, 0) is 29.5 Å². The molecule has 5 heteroatoms. The largest absolute Gasteiger partial charge is 0.326 e. The van der Waals surface area contributed by atoms with Crippen molar-refractivity contribution in [2.24, 2.45) is 5.73 Å². The summed E-state index contributed by atoms with van der Waals surface area (Å²) in [5, 5.41) is 1.57. The maximum Gasteiger partial charge on any atom is 0.193 e. The number of nitrogens with zero attached hydrogens (tertiary/aromatic N) is 3. The van der Waals surface area contributed by atoms with E-state index in [2.05, 4.69) is 15.0 Å². The first-order valence-electron chi connectivity index (χ1n) is 4.48. The van der Waals surface area contributed by atoms with Crippen LogP contribution in [0.25, 0.3) is 0 Å². The smallest absolute Gasteiger partial charge is 0.193 e. The van der Waals surface area contributed by atoms with E-state index in [4.69, 9.17) is 5.73 Å². The monoisotopic (exact) mass is 218 g/mol. The first-order valence-corrected chi connectivity index (χ1v) is 5.30. The van der Waals surface area contributed by atoms with E-state index in [0.717, 1.165) is 10.6 Å². The Morgan fingerprint density at radius 1 is 1.13 bits per heavy atom. The van der Waals surface area contributed by atoms with Gasteiger partial charge in [0.1, 0.15) is 5.03 Å². The molecule has 2 heterocycles. The highest BCUT2D eigenvalue weighted by molar-refractivity contribution is 7.99. The van der Waals surface area contributed by atoms with Crippen LogP contribution in [0, 0.1) is 0 Å². The Labute approximate surface area is 92.0 Å². The second-order valence-corrected chi connectivity index (χ2v) is 3.83. The molecule has 76 valence electrons. The molecule has 0 amide bonds.